The molecule has 2 N–H and O–H groups in total. The molecule has 0 fully saturated rings. The van der Waals surface area contributed by atoms with E-state index in [0.29, 0.717) is 13.2 Å². The molecule has 1 aliphatic heterocycles. The van der Waals surface area contributed by atoms with E-state index >= 15 is 0 Å². The molecular weight excluding hydrogens is 310 g/mol. The molecule has 1 aromatic carbocycles. The molecule has 0 aromatic heterocycles. The second-order valence-electron chi connectivity index (χ2n) is 5.55. The molecule has 7 heteroatoms. The topological polar surface area (TPSA) is 87.7 Å². The van der Waals surface area contributed by atoms with Gasteiger partial charge in [0.2, 0.25) is 5.91 Å². The smallest absolute Gasteiger partial charge is 0.315 e. The van der Waals surface area contributed by atoms with Crippen molar-refractivity contribution in [2.75, 3.05) is 24.6 Å². The molecule has 0 aliphatic carbocycles. The Balaban J connectivity index is 1.80. The molecule has 0 saturated heterocycles. The minimum Gasteiger partial charge on any atom is -0.466 e. The van der Waals surface area contributed by atoms with Gasteiger partial charge in [-0.15, -0.1) is 0 Å². The lowest BCUT2D eigenvalue weighted by atomic mass is 10.2. The number of urea groups is 1. The van der Waals surface area contributed by atoms with E-state index < -0.39 is 12.1 Å². The summed E-state index contributed by atoms with van der Waals surface area (Å²) in [7, 11) is 0. The summed E-state index contributed by atoms with van der Waals surface area (Å²) in [5.41, 5.74) is 2.04. The Morgan fingerprint density at radius 1 is 1.29 bits per heavy atom. The van der Waals surface area contributed by atoms with Crippen molar-refractivity contribution in [3.05, 3.63) is 29.8 Å². The lowest BCUT2D eigenvalue weighted by Gasteiger charge is -2.22. The number of nitrogens with one attached hydrogen (secondary N) is 2. The second kappa shape index (κ2) is 8.33. The third-order valence-electron chi connectivity index (χ3n) is 3.79. The summed E-state index contributed by atoms with van der Waals surface area (Å²) < 4.78 is 4.77. The van der Waals surface area contributed by atoms with Crippen LogP contribution in [0.3, 0.4) is 0 Å². The third-order valence-corrected chi connectivity index (χ3v) is 3.79. The maximum Gasteiger partial charge on any atom is 0.315 e. The first kappa shape index (κ1) is 17.8. The first-order chi connectivity index (χ1) is 11.5. The van der Waals surface area contributed by atoms with Gasteiger partial charge >= 0.3 is 12.0 Å². The minimum atomic E-state index is -0.654. The van der Waals surface area contributed by atoms with Gasteiger partial charge in [0.1, 0.15) is 6.04 Å². The molecule has 1 heterocycles. The van der Waals surface area contributed by atoms with Crippen LogP contribution in [0.1, 0.15) is 25.8 Å². The van der Waals surface area contributed by atoms with Gasteiger partial charge in [0.15, 0.2) is 0 Å². The van der Waals surface area contributed by atoms with Gasteiger partial charge in [0.05, 0.1) is 13.0 Å². The van der Waals surface area contributed by atoms with Gasteiger partial charge in [-0.3, -0.25) is 9.59 Å². The van der Waals surface area contributed by atoms with Crippen molar-refractivity contribution in [3.8, 4) is 0 Å². The van der Waals surface area contributed by atoms with Gasteiger partial charge in [0.25, 0.3) is 0 Å². The van der Waals surface area contributed by atoms with Crippen LogP contribution in [0.25, 0.3) is 0 Å². The number of benzene rings is 1. The van der Waals surface area contributed by atoms with Crippen molar-refractivity contribution in [1.82, 2.24) is 10.6 Å². The summed E-state index contributed by atoms with van der Waals surface area (Å²) in [6.45, 7) is 4.47. The molecule has 130 valence electrons. The van der Waals surface area contributed by atoms with Crippen molar-refractivity contribution in [2.45, 2.75) is 32.7 Å². The molecule has 1 aliphatic rings. The van der Waals surface area contributed by atoms with E-state index in [9.17, 15) is 14.4 Å². The standard InChI is InChI=1S/C17H23N3O4/c1-3-24-15(21)8-10-18-17(23)19-12(2)16(22)20-11-9-13-6-4-5-7-14(13)20/h4-7,12H,3,8-11H2,1-2H3,(H2,18,19,23)/t12-/m0/s1. The molecule has 24 heavy (non-hydrogen) atoms. The largest absolute Gasteiger partial charge is 0.466 e. The number of carbonyl (C=O) groups excluding carboxylic acids is 3. The van der Waals surface area contributed by atoms with Crippen molar-refractivity contribution in [3.63, 3.8) is 0 Å². The fourth-order valence-corrected chi connectivity index (χ4v) is 2.62. The Morgan fingerprint density at radius 2 is 2.04 bits per heavy atom. The molecule has 0 saturated carbocycles. The van der Waals surface area contributed by atoms with E-state index in [4.69, 9.17) is 4.74 Å². The van der Waals surface area contributed by atoms with Gasteiger partial charge in [-0.05, 0) is 31.9 Å². The maximum absolute atomic E-state index is 12.5. The number of carbonyl (C=O) groups is 3. The quantitative estimate of drug-likeness (QED) is 0.766. The lowest BCUT2D eigenvalue weighted by Crippen LogP contribution is -2.49. The van der Waals surface area contributed by atoms with Gasteiger partial charge in [0, 0.05) is 18.8 Å². The number of hydrogen-bond acceptors (Lipinski definition) is 4. The molecule has 7 nitrogen and oxygen atoms in total. The average molecular weight is 333 g/mol. The summed E-state index contributed by atoms with van der Waals surface area (Å²) in [4.78, 5) is 37.2. The van der Waals surface area contributed by atoms with Gasteiger partial charge in [-0.2, -0.15) is 0 Å². The van der Waals surface area contributed by atoms with Crippen LogP contribution in [0.5, 0.6) is 0 Å². The monoisotopic (exact) mass is 333 g/mol. The number of ether oxygens (including phenoxy) is 1. The average Bonchev–Trinajstić information content (AvgIpc) is 2.98. The molecule has 1 aromatic rings. The Morgan fingerprint density at radius 3 is 2.79 bits per heavy atom. The summed E-state index contributed by atoms with van der Waals surface area (Å²) in [6.07, 6.45) is 0.920. The summed E-state index contributed by atoms with van der Waals surface area (Å²) in [5.74, 6) is -0.518. The zero-order valence-electron chi connectivity index (χ0n) is 14.0. The molecule has 0 bridgehead atoms. The van der Waals surface area contributed by atoms with Crippen LogP contribution < -0.4 is 15.5 Å². The van der Waals surface area contributed by atoms with Crippen LogP contribution in [-0.2, 0) is 20.7 Å². The predicted octanol–water partition coefficient (Wildman–Crippen LogP) is 1.22. The number of anilines is 1. The predicted molar refractivity (Wildman–Crippen MR) is 89.7 cm³/mol. The van der Waals surface area contributed by atoms with Crippen molar-refractivity contribution >= 4 is 23.6 Å². The van der Waals surface area contributed by atoms with Crippen molar-refractivity contribution in [1.29, 1.82) is 0 Å². The van der Waals surface area contributed by atoms with Gasteiger partial charge in [-0.25, -0.2) is 4.79 Å². The third kappa shape index (κ3) is 4.47. The van der Waals surface area contributed by atoms with Gasteiger partial charge in [-0.1, -0.05) is 18.2 Å². The van der Waals surface area contributed by atoms with Crippen LogP contribution in [0.15, 0.2) is 24.3 Å². The van der Waals surface area contributed by atoms with Crippen molar-refractivity contribution < 1.29 is 19.1 Å². The highest BCUT2D eigenvalue weighted by atomic mass is 16.5. The maximum atomic E-state index is 12.5. The lowest BCUT2D eigenvalue weighted by molar-refractivity contribution is -0.142. The summed E-state index contributed by atoms with van der Waals surface area (Å²) in [6, 6.07) is 6.62. The molecular formula is C17H23N3O4. The number of nitrogens with zero attached hydrogens (tertiary/aromatic N) is 1. The van der Waals surface area contributed by atoms with Crippen LogP contribution in [-0.4, -0.2) is 43.6 Å². The minimum absolute atomic E-state index is 0.100. The van der Waals surface area contributed by atoms with Crippen LogP contribution in [0.4, 0.5) is 10.5 Å². The first-order valence-electron chi connectivity index (χ1n) is 8.12. The normalized spacial score (nSPS) is 13.8. The number of amides is 3. The van der Waals surface area contributed by atoms with Crippen LogP contribution >= 0.6 is 0 Å². The number of para-hydroxylation sites is 1. The highest BCUT2D eigenvalue weighted by Gasteiger charge is 2.28. The van der Waals surface area contributed by atoms with Gasteiger partial charge < -0.3 is 20.3 Å². The molecule has 3 amide bonds. The van der Waals surface area contributed by atoms with E-state index in [-0.39, 0.29) is 24.8 Å². The number of hydrogen-bond donors (Lipinski definition) is 2. The number of fused-ring (bicyclic) bond motifs is 1. The Hall–Kier alpha value is -2.57. The Bertz CT molecular complexity index is 618. The number of rotatable bonds is 6. The highest BCUT2D eigenvalue weighted by molar-refractivity contribution is 6.00. The zero-order valence-corrected chi connectivity index (χ0v) is 14.0. The fraction of sp³-hybridized carbons (Fsp3) is 0.471. The van der Waals surface area contributed by atoms with E-state index in [1.807, 2.05) is 24.3 Å². The zero-order chi connectivity index (χ0) is 17.5. The van der Waals surface area contributed by atoms with Crippen LogP contribution in [0.2, 0.25) is 0 Å². The van der Waals surface area contributed by atoms with E-state index in [1.54, 1.807) is 18.7 Å². The Kier molecular flexibility index (Phi) is 6.17. The Labute approximate surface area is 141 Å². The molecule has 2 rings (SSSR count). The molecule has 1 atom stereocenters. The molecule has 0 spiro atoms. The number of esters is 1. The highest BCUT2D eigenvalue weighted by Crippen LogP contribution is 2.27. The van der Waals surface area contributed by atoms with Crippen LogP contribution in [0, 0.1) is 0 Å². The van der Waals surface area contributed by atoms with E-state index in [0.717, 1.165) is 17.7 Å². The summed E-state index contributed by atoms with van der Waals surface area (Å²) in [5, 5.41) is 5.15. The van der Waals surface area contributed by atoms with E-state index in [1.165, 1.54) is 0 Å². The second-order valence-corrected chi connectivity index (χ2v) is 5.55. The van der Waals surface area contributed by atoms with E-state index in [2.05, 4.69) is 10.6 Å². The summed E-state index contributed by atoms with van der Waals surface area (Å²) >= 11 is 0. The fourth-order valence-electron chi connectivity index (χ4n) is 2.62. The molecule has 0 radical (unpaired) electrons. The first-order valence-corrected chi connectivity index (χ1v) is 8.12. The van der Waals surface area contributed by atoms with Crippen molar-refractivity contribution in [2.24, 2.45) is 0 Å². The SMILES string of the molecule is CCOC(=O)CCNC(=O)N[C@@H](C)C(=O)N1CCc2ccccc21. The molecule has 0 unspecified atom stereocenters.